The van der Waals surface area contributed by atoms with E-state index in [1.807, 2.05) is 36.1 Å². The molecule has 0 N–H and O–H groups in total. The predicted octanol–water partition coefficient (Wildman–Crippen LogP) is 1.84. The summed E-state index contributed by atoms with van der Waals surface area (Å²) in [6.45, 7) is 8.53. The van der Waals surface area contributed by atoms with E-state index >= 15 is 0 Å². The highest BCUT2D eigenvalue weighted by Crippen LogP contribution is 2.32. The van der Waals surface area contributed by atoms with Crippen LogP contribution in [-0.2, 0) is 14.3 Å². The molecule has 2 amide bonds. The molecular weight excluding hydrogens is 342 g/mol. The van der Waals surface area contributed by atoms with Gasteiger partial charge >= 0.3 is 0 Å². The number of ether oxygens (including phenoxy) is 1. The zero-order valence-corrected chi connectivity index (χ0v) is 16.7. The fourth-order valence-corrected chi connectivity index (χ4v) is 3.96. The van der Waals surface area contributed by atoms with Crippen molar-refractivity contribution >= 4 is 11.8 Å². The maximum absolute atomic E-state index is 13.3. The second-order valence-corrected chi connectivity index (χ2v) is 7.56. The number of piperazine rings is 1. The molecule has 3 rings (SSSR count). The molecule has 0 saturated carbocycles. The predicted molar refractivity (Wildman–Crippen MR) is 104 cm³/mol. The number of likely N-dealkylation sites (N-methyl/N-ethyl adjacent to an activating group) is 1. The Bertz CT molecular complexity index is 670. The Balaban J connectivity index is 1.74. The van der Waals surface area contributed by atoms with Gasteiger partial charge < -0.3 is 14.5 Å². The third kappa shape index (κ3) is 4.33. The van der Waals surface area contributed by atoms with Crippen molar-refractivity contribution in [3.8, 4) is 0 Å². The highest BCUT2D eigenvalue weighted by atomic mass is 16.5. The van der Waals surface area contributed by atoms with E-state index in [1.54, 1.807) is 11.9 Å². The van der Waals surface area contributed by atoms with Crippen LogP contribution in [0.1, 0.15) is 36.9 Å². The smallest absolute Gasteiger partial charge is 0.254 e. The van der Waals surface area contributed by atoms with Crippen molar-refractivity contribution in [1.82, 2.24) is 14.7 Å². The van der Waals surface area contributed by atoms with E-state index in [0.717, 1.165) is 43.9 Å². The molecule has 0 aromatic heterocycles. The first-order chi connectivity index (χ1) is 13.0. The van der Waals surface area contributed by atoms with Gasteiger partial charge in [0.05, 0.1) is 6.04 Å². The first-order valence-corrected chi connectivity index (χ1v) is 9.97. The topological polar surface area (TPSA) is 53.1 Å². The van der Waals surface area contributed by atoms with E-state index < -0.39 is 6.10 Å². The fraction of sp³-hybridized carbons (Fsp3) is 0.619. The lowest BCUT2D eigenvalue weighted by molar-refractivity contribution is -0.168. The van der Waals surface area contributed by atoms with Crippen molar-refractivity contribution in [2.24, 2.45) is 0 Å². The van der Waals surface area contributed by atoms with Crippen LogP contribution in [0.5, 0.6) is 0 Å². The number of hydrogen-bond acceptors (Lipinski definition) is 4. The maximum atomic E-state index is 13.3. The molecule has 2 saturated heterocycles. The third-order valence-corrected chi connectivity index (χ3v) is 5.75. The molecule has 0 bridgehead atoms. The SMILES string of the molecule is CCCCN1CCN(C(=O)[C@H]2OCC(=O)N(C)[C@@H]2c2ccccc2C)CC1. The molecule has 27 heavy (non-hydrogen) atoms. The van der Waals surface area contributed by atoms with Crippen LogP contribution in [0.25, 0.3) is 0 Å². The Labute approximate surface area is 162 Å². The maximum Gasteiger partial charge on any atom is 0.254 e. The van der Waals surface area contributed by atoms with Crippen LogP contribution in [-0.4, -0.2) is 79.0 Å². The van der Waals surface area contributed by atoms with E-state index in [-0.39, 0.29) is 24.5 Å². The quantitative estimate of drug-likeness (QED) is 0.790. The van der Waals surface area contributed by atoms with Crippen LogP contribution in [0.15, 0.2) is 24.3 Å². The Hall–Kier alpha value is -1.92. The standard InChI is InChI=1S/C21H31N3O3/c1-4-5-10-23-11-13-24(14-12-23)21(26)20-19(22(3)18(25)15-27-20)17-9-7-6-8-16(17)2/h6-9,19-20H,4-5,10-15H2,1-3H3/t19-,20+/m1/s1. The van der Waals surface area contributed by atoms with E-state index in [2.05, 4.69) is 11.8 Å². The van der Waals surface area contributed by atoms with Crippen molar-refractivity contribution in [3.05, 3.63) is 35.4 Å². The van der Waals surface area contributed by atoms with Crippen LogP contribution in [0, 0.1) is 6.92 Å². The first kappa shape index (κ1) is 19.8. The highest BCUT2D eigenvalue weighted by Gasteiger charge is 2.42. The average Bonchev–Trinajstić information content (AvgIpc) is 2.69. The van der Waals surface area contributed by atoms with Gasteiger partial charge in [-0.2, -0.15) is 0 Å². The molecule has 0 aliphatic carbocycles. The van der Waals surface area contributed by atoms with E-state index in [1.165, 1.54) is 12.8 Å². The van der Waals surface area contributed by atoms with Gasteiger partial charge in [0.25, 0.3) is 5.91 Å². The second-order valence-electron chi connectivity index (χ2n) is 7.56. The summed E-state index contributed by atoms with van der Waals surface area (Å²) < 4.78 is 5.79. The van der Waals surface area contributed by atoms with Gasteiger partial charge in [-0.1, -0.05) is 37.6 Å². The molecular formula is C21H31N3O3. The summed E-state index contributed by atoms with van der Waals surface area (Å²) in [4.78, 5) is 31.5. The summed E-state index contributed by atoms with van der Waals surface area (Å²) >= 11 is 0. The molecule has 0 spiro atoms. The number of aryl methyl sites for hydroxylation is 1. The van der Waals surface area contributed by atoms with Crippen LogP contribution >= 0.6 is 0 Å². The van der Waals surface area contributed by atoms with Crippen molar-refractivity contribution in [2.45, 2.75) is 38.8 Å². The molecule has 0 unspecified atom stereocenters. The molecule has 2 heterocycles. The highest BCUT2D eigenvalue weighted by molar-refractivity contribution is 5.86. The van der Waals surface area contributed by atoms with Crippen molar-refractivity contribution in [1.29, 1.82) is 0 Å². The molecule has 1 aromatic rings. The number of amides is 2. The molecule has 2 atom stereocenters. The Morgan fingerprint density at radius 2 is 1.89 bits per heavy atom. The normalized spacial score (nSPS) is 24.3. The molecule has 148 valence electrons. The lowest BCUT2D eigenvalue weighted by Crippen LogP contribution is -2.57. The Morgan fingerprint density at radius 3 is 2.56 bits per heavy atom. The van der Waals surface area contributed by atoms with Crippen LogP contribution in [0.2, 0.25) is 0 Å². The third-order valence-electron chi connectivity index (χ3n) is 5.75. The van der Waals surface area contributed by atoms with Gasteiger partial charge in [-0.05, 0) is 31.0 Å². The molecule has 2 fully saturated rings. The molecule has 2 aliphatic rings. The number of carbonyl (C=O) groups is 2. The summed E-state index contributed by atoms with van der Waals surface area (Å²) in [7, 11) is 1.77. The van der Waals surface area contributed by atoms with Crippen LogP contribution in [0.4, 0.5) is 0 Å². The van der Waals surface area contributed by atoms with Gasteiger partial charge in [-0.3, -0.25) is 14.5 Å². The lowest BCUT2D eigenvalue weighted by Gasteiger charge is -2.42. The Morgan fingerprint density at radius 1 is 1.19 bits per heavy atom. The summed E-state index contributed by atoms with van der Waals surface area (Å²) in [6, 6.07) is 7.54. The van der Waals surface area contributed by atoms with Gasteiger partial charge in [0.15, 0.2) is 6.10 Å². The van der Waals surface area contributed by atoms with Crippen molar-refractivity contribution in [2.75, 3.05) is 46.4 Å². The Kier molecular flexibility index (Phi) is 6.50. The first-order valence-electron chi connectivity index (χ1n) is 9.97. The van der Waals surface area contributed by atoms with Crippen molar-refractivity contribution in [3.63, 3.8) is 0 Å². The van der Waals surface area contributed by atoms with E-state index in [9.17, 15) is 9.59 Å². The minimum atomic E-state index is -0.643. The van der Waals surface area contributed by atoms with Crippen LogP contribution in [0.3, 0.4) is 0 Å². The number of benzene rings is 1. The van der Waals surface area contributed by atoms with Crippen LogP contribution < -0.4 is 0 Å². The van der Waals surface area contributed by atoms with Gasteiger partial charge in [0.2, 0.25) is 5.91 Å². The summed E-state index contributed by atoms with van der Waals surface area (Å²) in [5.41, 5.74) is 2.04. The monoisotopic (exact) mass is 373 g/mol. The van der Waals surface area contributed by atoms with Gasteiger partial charge in [-0.15, -0.1) is 0 Å². The van der Waals surface area contributed by atoms with Crippen molar-refractivity contribution < 1.29 is 14.3 Å². The molecule has 6 nitrogen and oxygen atoms in total. The number of carbonyl (C=O) groups excluding carboxylic acids is 2. The number of nitrogens with zero attached hydrogens (tertiary/aromatic N) is 3. The van der Waals surface area contributed by atoms with E-state index in [4.69, 9.17) is 4.74 Å². The minimum absolute atomic E-state index is 0.00209. The largest absolute Gasteiger partial charge is 0.356 e. The minimum Gasteiger partial charge on any atom is -0.356 e. The number of rotatable bonds is 5. The number of morpholine rings is 1. The average molecular weight is 373 g/mol. The molecule has 1 aromatic carbocycles. The summed E-state index contributed by atoms with van der Waals surface area (Å²) in [5.74, 6) is -0.0885. The lowest BCUT2D eigenvalue weighted by atomic mass is 9.93. The van der Waals surface area contributed by atoms with E-state index in [0.29, 0.717) is 0 Å². The molecule has 6 heteroatoms. The van der Waals surface area contributed by atoms with Gasteiger partial charge in [0, 0.05) is 33.2 Å². The van der Waals surface area contributed by atoms with Gasteiger partial charge in [-0.25, -0.2) is 0 Å². The number of unbranched alkanes of at least 4 members (excludes halogenated alkanes) is 1. The summed E-state index contributed by atoms with van der Waals surface area (Å²) in [5, 5.41) is 0. The number of hydrogen-bond donors (Lipinski definition) is 0. The fourth-order valence-electron chi connectivity index (χ4n) is 3.96. The van der Waals surface area contributed by atoms with Gasteiger partial charge in [0.1, 0.15) is 6.61 Å². The molecule has 0 radical (unpaired) electrons. The second kappa shape index (κ2) is 8.85. The zero-order chi connectivity index (χ0) is 19.4. The zero-order valence-electron chi connectivity index (χ0n) is 16.7. The summed E-state index contributed by atoms with van der Waals surface area (Å²) in [6.07, 6.45) is 1.74. The molecule has 2 aliphatic heterocycles.